The number of anilines is 3. The quantitative estimate of drug-likeness (QED) is 0.758. The van der Waals surface area contributed by atoms with Gasteiger partial charge in [0.2, 0.25) is 0 Å². The molecule has 0 aliphatic rings. The highest BCUT2D eigenvalue weighted by atomic mass is 35.5. The molecule has 0 saturated heterocycles. The molecule has 20 heavy (non-hydrogen) atoms. The molecule has 0 aromatic heterocycles. The Morgan fingerprint density at radius 1 is 1.15 bits per heavy atom. The monoisotopic (exact) mass is 291 g/mol. The number of nitrogens with two attached hydrogens (primary N) is 2. The van der Waals surface area contributed by atoms with Crippen LogP contribution in [0, 0.1) is 0 Å². The number of nitrogen functional groups attached to an aromatic ring is 2. The van der Waals surface area contributed by atoms with Crippen LogP contribution in [0.25, 0.3) is 0 Å². The number of nitrogens with one attached hydrogen (secondary N) is 1. The number of rotatable bonds is 3. The fourth-order valence-electron chi connectivity index (χ4n) is 1.76. The lowest BCUT2D eigenvalue weighted by Crippen LogP contribution is -2.12. The second-order valence-corrected chi connectivity index (χ2v) is 4.60. The second kappa shape index (κ2) is 5.71. The van der Waals surface area contributed by atoms with Crippen molar-refractivity contribution < 1.29 is 9.53 Å². The summed E-state index contributed by atoms with van der Waals surface area (Å²) in [6.45, 7) is 0. The maximum atomic E-state index is 12.1. The molecule has 0 fully saturated rings. The minimum atomic E-state index is -0.315. The largest absolute Gasteiger partial charge is 0.495 e. The lowest BCUT2D eigenvalue weighted by Gasteiger charge is -2.09. The Morgan fingerprint density at radius 2 is 1.80 bits per heavy atom. The number of ether oxygens (including phenoxy) is 1. The number of hydrogen-bond donors (Lipinski definition) is 3. The Labute approximate surface area is 121 Å². The number of amides is 1. The van der Waals surface area contributed by atoms with Crippen LogP contribution in [0.4, 0.5) is 17.1 Å². The molecule has 6 heteroatoms. The third-order valence-electron chi connectivity index (χ3n) is 2.65. The summed E-state index contributed by atoms with van der Waals surface area (Å²) in [4.78, 5) is 12.1. The molecule has 0 aliphatic heterocycles. The highest BCUT2D eigenvalue weighted by molar-refractivity contribution is 6.32. The van der Waals surface area contributed by atoms with Crippen LogP contribution < -0.4 is 21.5 Å². The fourth-order valence-corrected chi connectivity index (χ4v) is 2.01. The van der Waals surface area contributed by atoms with Crippen molar-refractivity contribution in [3.8, 4) is 5.75 Å². The van der Waals surface area contributed by atoms with Crippen molar-refractivity contribution >= 4 is 34.6 Å². The van der Waals surface area contributed by atoms with E-state index in [1.807, 2.05) is 0 Å². The number of carbonyl (C=O) groups is 1. The van der Waals surface area contributed by atoms with Crippen molar-refractivity contribution in [1.82, 2.24) is 0 Å². The van der Waals surface area contributed by atoms with Gasteiger partial charge in [0, 0.05) is 22.6 Å². The number of halogens is 1. The normalized spacial score (nSPS) is 10.1. The van der Waals surface area contributed by atoms with Gasteiger partial charge in [-0.3, -0.25) is 4.79 Å². The van der Waals surface area contributed by atoms with Gasteiger partial charge in [0.1, 0.15) is 5.75 Å². The average molecular weight is 292 g/mol. The Balaban J connectivity index is 2.21. The number of carbonyl (C=O) groups excluding carboxylic acids is 1. The van der Waals surface area contributed by atoms with Crippen LogP contribution >= 0.6 is 11.6 Å². The van der Waals surface area contributed by atoms with E-state index in [4.69, 9.17) is 27.8 Å². The molecule has 0 bridgehead atoms. The first-order valence-corrected chi connectivity index (χ1v) is 6.18. The van der Waals surface area contributed by atoms with E-state index in [0.29, 0.717) is 33.4 Å². The molecule has 2 rings (SSSR count). The lowest BCUT2D eigenvalue weighted by molar-refractivity contribution is 0.102. The molecule has 5 nitrogen and oxygen atoms in total. The van der Waals surface area contributed by atoms with Gasteiger partial charge in [-0.25, -0.2) is 0 Å². The minimum absolute atomic E-state index is 0.315. The summed E-state index contributed by atoms with van der Waals surface area (Å²) < 4.78 is 5.04. The summed E-state index contributed by atoms with van der Waals surface area (Å²) in [6.07, 6.45) is 0. The van der Waals surface area contributed by atoms with Gasteiger partial charge in [0.05, 0.1) is 12.1 Å². The number of hydrogen-bond acceptors (Lipinski definition) is 4. The van der Waals surface area contributed by atoms with E-state index in [9.17, 15) is 4.79 Å². The Morgan fingerprint density at radius 3 is 2.35 bits per heavy atom. The van der Waals surface area contributed by atoms with Gasteiger partial charge in [0.15, 0.2) is 0 Å². The molecule has 1 amide bonds. The maximum absolute atomic E-state index is 12.1. The molecule has 0 heterocycles. The third kappa shape index (κ3) is 3.13. The predicted molar refractivity (Wildman–Crippen MR) is 81.2 cm³/mol. The molecule has 5 N–H and O–H groups in total. The van der Waals surface area contributed by atoms with Gasteiger partial charge in [0.25, 0.3) is 5.91 Å². The molecule has 0 unspecified atom stereocenters. The molecule has 0 spiro atoms. The van der Waals surface area contributed by atoms with Gasteiger partial charge in [-0.1, -0.05) is 11.6 Å². The first-order valence-electron chi connectivity index (χ1n) is 5.80. The van der Waals surface area contributed by atoms with Crippen LogP contribution in [0.5, 0.6) is 5.75 Å². The van der Waals surface area contributed by atoms with E-state index >= 15 is 0 Å². The van der Waals surface area contributed by atoms with Gasteiger partial charge in [-0.15, -0.1) is 0 Å². The smallest absolute Gasteiger partial charge is 0.255 e. The van der Waals surface area contributed by atoms with E-state index in [0.717, 1.165) is 0 Å². The summed E-state index contributed by atoms with van der Waals surface area (Å²) in [7, 11) is 1.52. The molecule has 0 atom stereocenters. The molecule has 2 aromatic rings. The summed E-state index contributed by atoms with van der Waals surface area (Å²) in [5.74, 6) is 0.225. The number of benzene rings is 2. The highest BCUT2D eigenvalue weighted by Gasteiger charge is 2.09. The van der Waals surface area contributed by atoms with Crippen molar-refractivity contribution in [3.05, 3.63) is 47.0 Å². The Kier molecular flexibility index (Phi) is 4.00. The van der Waals surface area contributed by atoms with Crippen molar-refractivity contribution in [3.63, 3.8) is 0 Å². The summed E-state index contributed by atoms with van der Waals surface area (Å²) in [6, 6.07) is 9.66. The van der Waals surface area contributed by atoms with Crippen LogP contribution in [0.1, 0.15) is 10.4 Å². The van der Waals surface area contributed by atoms with Crippen molar-refractivity contribution in [2.45, 2.75) is 0 Å². The third-order valence-corrected chi connectivity index (χ3v) is 2.94. The molecular formula is C14H14ClN3O2. The van der Waals surface area contributed by atoms with Crippen LogP contribution in [-0.2, 0) is 0 Å². The Bertz CT molecular complexity index is 639. The molecule has 104 valence electrons. The highest BCUT2D eigenvalue weighted by Crippen LogP contribution is 2.27. The zero-order valence-electron chi connectivity index (χ0n) is 10.8. The van der Waals surface area contributed by atoms with Crippen LogP contribution in [0.15, 0.2) is 36.4 Å². The average Bonchev–Trinajstić information content (AvgIpc) is 2.37. The summed E-state index contributed by atoms with van der Waals surface area (Å²) in [5.41, 5.74) is 13.1. The van der Waals surface area contributed by atoms with Crippen LogP contribution in [0.3, 0.4) is 0 Å². The van der Waals surface area contributed by atoms with E-state index in [1.165, 1.54) is 7.11 Å². The van der Waals surface area contributed by atoms with Crippen molar-refractivity contribution in [2.24, 2.45) is 0 Å². The molecular weight excluding hydrogens is 278 g/mol. The van der Waals surface area contributed by atoms with Crippen LogP contribution in [0.2, 0.25) is 5.02 Å². The van der Waals surface area contributed by atoms with Crippen molar-refractivity contribution in [1.29, 1.82) is 0 Å². The maximum Gasteiger partial charge on any atom is 0.255 e. The van der Waals surface area contributed by atoms with Gasteiger partial charge >= 0.3 is 0 Å². The second-order valence-electron chi connectivity index (χ2n) is 4.19. The van der Waals surface area contributed by atoms with E-state index in [2.05, 4.69) is 5.32 Å². The molecule has 0 aliphatic carbocycles. The first-order chi connectivity index (χ1) is 9.49. The Hall–Kier alpha value is -2.40. The predicted octanol–water partition coefficient (Wildman–Crippen LogP) is 2.77. The zero-order valence-corrected chi connectivity index (χ0v) is 11.6. The molecule has 0 radical (unpaired) electrons. The standard InChI is InChI=1S/C14H14ClN3O2/c1-20-13-3-2-11(7-12(13)15)18-14(19)8-4-9(16)6-10(17)5-8/h2-7H,16-17H2,1H3,(H,18,19). The van der Waals surface area contributed by atoms with Gasteiger partial charge in [-0.05, 0) is 36.4 Å². The van der Waals surface area contributed by atoms with E-state index in [-0.39, 0.29) is 5.91 Å². The molecule has 2 aromatic carbocycles. The SMILES string of the molecule is COc1ccc(NC(=O)c2cc(N)cc(N)c2)cc1Cl. The minimum Gasteiger partial charge on any atom is -0.495 e. The lowest BCUT2D eigenvalue weighted by atomic mass is 10.1. The van der Waals surface area contributed by atoms with Gasteiger partial charge in [-0.2, -0.15) is 0 Å². The molecule has 0 saturated carbocycles. The fraction of sp³-hybridized carbons (Fsp3) is 0.0714. The van der Waals surface area contributed by atoms with Crippen LogP contribution in [-0.4, -0.2) is 13.0 Å². The van der Waals surface area contributed by atoms with Crippen molar-refractivity contribution in [2.75, 3.05) is 23.9 Å². The number of methoxy groups -OCH3 is 1. The topological polar surface area (TPSA) is 90.4 Å². The summed E-state index contributed by atoms with van der Waals surface area (Å²) >= 11 is 5.99. The first kappa shape index (κ1) is 14.0. The van der Waals surface area contributed by atoms with E-state index in [1.54, 1.807) is 36.4 Å². The summed E-state index contributed by atoms with van der Waals surface area (Å²) in [5, 5.41) is 3.13. The van der Waals surface area contributed by atoms with Gasteiger partial charge < -0.3 is 21.5 Å². The van der Waals surface area contributed by atoms with E-state index < -0.39 is 0 Å². The zero-order chi connectivity index (χ0) is 14.7.